The second-order valence-electron chi connectivity index (χ2n) is 7.93. The second kappa shape index (κ2) is 9.65. The van der Waals surface area contributed by atoms with E-state index in [1.807, 2.05) is 66.9 Å². The number of halogens is 3. The first kappa shape index (κ1) is 23.3. The van der Waals surface area contributed by atoms with E-state index in [1.165, 1.54) is 0 Å². The van der Waals surface area contributed by atoms with Crippen LogP contribution in [0.5, 0.6) is 0 Å². The van der Waals surface area contributed by atoms with Gasteiger partial charge in [0.15, 0.2) is 0 Å². The van der Waals surface area contributed by atoms with Gasteiger partial charge in [0.1, 0.15) is 0 Å². The van der Waals surface area contributed by atoms with Crippen molar-refractivity contribution in [3.05, 3.63) is 96.6 Å². The fraction of sp³-hybridized carbons (Fsp3) is 0.0769. The molecule has 0 aliphatic rings. The van der Waals surface area contributed by atoms with Crippen molar-refractivity contribution >= 4 is 77.8 Å². The Hall–Kier alpha value is -2.46. The van der Waals surface area contributed by atoms with Gasteiger partial charge in [0.05, 0.1) is 21.8 Å². The number of carbonyl (C=O) groups is 1. The van der Waals surface area contributed by atoms with Crippen LogP contribution in [0.4, 0.5) is 0 Å². The molecule has 2 heterocycles. The number of benzene rings is 3. The minimum Gasteiger partial charge on any atom is -0.360 e. The lowest BCUT2D eigenvalue weighted by Gasteiger charge is -2.12. The van der Waals surface area contributed by atoms with Crippen molar-refractivity contribution in [2.75, 3.05) is 0 Å². The van der Waals surface area contributed by atoms with Crippen molar-refractivity contribution in [2.24, 2.45) is 5.73 Å². The Balaban J connectivity index is 1.58. The number of nitrogens with two attached hydrogens (primary N) is 1. The number of hydrogen-bond donors (Lipinski definition) is 3. The lowest BCUT2D eigenvalue weighted by Crippen LogP contribution is -2.23. The molecule has 0 saturated carbocycles. The zero-order valence-corrected chi connectivity index (χ0v) is 22.3. The Bertz CT molecular complexity index is 1550. The molecule has 4 N–H and O–H groups in total. The van der Waals surface area contributed by atoms with E-state index in [1.54, 1.807) is 0 Å². The van der Waals surface area contributed by atoms with Gasteiger partial charge in [-0.25, -0.2) is 4.98 Å². The highest BCUT2D eigenvalue weighted by atomic mass is 127. The van der Waals surface area contributed by atoms with E-state index in [0.717, 1.165) is 41.0 Å². The molecule has 0 bridgehead atoms. The number of pyridine rings is 1. The third-order valence-corrected chi connectivity index (χ3v) is 7.74. The van der Waals surface area contributed by atoms with Gasteiger partial charge >= 0.3 is 0 Å². The van der Waals surface area contributed by atoms with Crippen molar-refractivity contribution in [3.63, 3.8) is 0 Å². The maximum atomic E-state index is 13.4. The highest BCUT2D eigenvalue weighted by molar-refractivity contribution is 14.1. The predicted octanol–water partition coefficient (Wildman–Crippen LogP) is 6.79. The van der Waals surface area contributed by atoms with E-state index in [4.69, 9.17) is 22.3 Å². The molecule has 5 nitrogen and oxygen atoms in total. The van der Waals surface area contributed by atoms with Gasteiger partial charge in [-0.15, -0.1) is 0 Å². The van der Waals surface area contributed by atoms with Crippen molar-refractivity contribution in [1.82, 2.24) is 15.3 Å². The first-order valence-corrected chi connectivity index (χ1v) is 12.8. The Kier molecular flexibility index (Phi) is 6.61. The van der Waals surface area contributed by atoms with Crippen LogP contribution in [0.25, 0.3) is 33.1 Å². The standard InChI is InChI=1S/C26H19BrClIN4O/c27-16-5-6-23-17(7-16)20(13-31-23)24-9-19(18-8-22(29)21(28)10-25(18)33-24)26(34)32-12-15-3-1-14(11-30)2-4-15/h1-10,13,31H,11-12,30H2,(H,32,34). The predicted molar refractivity (Wildman–Crippen MR) is 150 cm³/mol. The average molecular weight is 646 g/mol. The van der Waals surface area contributed by atoms with Gasteiger partial charge in [-0.2, -0.15) is 0 Å². The molecule has 34 heavy (non-hydrogen) atoms. The maximum Gasteiger partial charge on any atom is 0.252 e. The summed E-state index contributed by atoms with van der Waals surface area (Å²) in [6, 6.07) is 19.5. The number of fused-ring (bicyclic) bond motifs is 2. The fourth-order valence-electron chi connectivity index (χ4n) is 3.92. The average Bonchev–Trinajstić information content (AvgIpc) is 3.26. The van der Waals surface area contributed by atoms with Crippen LogP contribution in [0.2, 0.25) is 5.02 Å². The van der Waals surface area contributed by atoms with Crippen LogP contribution in [-0.2, 0) is 13.1 Å². The summed E-state index contributed by atoms with van der Waals surface area (Å²) in [7, 11) is 0. The van der Waals surface area contributed by atoms with E-state index in [2.05, 4.69) is 48.8 Å². The van der Waals surface area contributed by atoms with Gasteiger partial charge in [0.25, 0.3) is 5.91 Å². The number of aromatic nitrogens is 2. The number of nitrogens with one attached hydrogen (secondary N) is 2. The molecule has 5 rings (SSSR count). The number of hydrogen-bond acceptors (Lipinski definition) is 3. The molecule has 0 unspecified atom stereocenters. The SMILES string of the molecule is NCc1ccc(CNC(=O)c2cc(-c3c[nH]c4ccc(Br)cc34)nc3cc(Cl)c(I)cc23)cc1. The van der Waals surface area contributed by atoms with Gasteiger partial charge in [-0.1, -0.05) is 51.8 Å². The van der Waals surface area contributed by atoms with E-state index in [0.29, 0.717) is 34.9 Å². The Labute approximate surface area is 223 Å². The van der Waals surface area contributed by atoms with E-state index in [-0.39, 0.29) is 5.91 Å². The number of H-pyrrole nitrogens is 1. The zero-order valence-electron chi connectivity index (χ0n) is 17.8. The summed E-state index contributed by atoms with van der Waals surface area (Å²) in [4.78, 5) is 21.5. The van der Waals surface area contributed by atoms with Crippen LogP contribution in [0, 0.1) is 3.57 Å². The number of carbonyl (C=O) groups excluding carboxylic acids is 1. The summed E-state index contributed by atoms with van der Waals surface area (Å²) in [6.45, 7) is 0.900. The molecule has 0 fully saturated rings. The molecule has 0 aliphatic heterocycles. The molecule has 1 amide bonds. The third kappa shape index (κ3) is 4.57. The summed E-state index contributed by atoms with van der Waals surface area (Å²) in [6.07, 6.45) is 1.92. The minimum atomic E-state index is -0.171. The monoisotopic (exact) mass is 644 g/mol. The second-order valence-corrected chi connectivity index (χ2v) is 10.4. The first-order chi connectivity index (χ1) is 16.4. The van der Waals surface area contributed by atoms with Crippen LogP contribution in [-0.4, -0.2) is 15.9 Å². The molecular formula is C26H19BrClIN4O. The molecule has 5 aromatic rings. The highest BCUT2D eigenvalue weighted by Crippen LogP contribution is 2.34. The van der Waals surface area contributed by atoms with E-state index < -0.39 is 0 Å². The molecule has 170 valence electrons. The maximum absolute atomic E-state index is 13.4. The zero-order chi connectivity index (χ0) is 23.8. The third-order valence-electron chi connectivity index (χ3n) is 5.73. The molecular weight excluding hydrogens is 627 g/mol. The Morgan fingerprint density at radius 3 is 2.59 bits per heavy atom. The highest BCUT2D eigenvalue weighted by Gasteiger charge is 2.17. The van der Waals surface area contributed by atoms with Crippen LogP contribution in [0.1, 0.15) is 21.5 Å². The first-order valence-electron chi connectivity index (χ1n) is 10.6. The molecule has 0 saturated heterocycles. The normalized spacial score (nSPS) is 11.3. The summed E-state index contributed by atoms with van der Waals surface area (Å²) < 4.78 is 1.83. The van der Waals surface area contributed by atoms with Crippen LogP contribution < -0.4 is 11.1 Å². The molecule has 0 aliphatic carbocycles. The van der Waals surface area contributed by atoms with Gasteiger partial charge in [-0.3, -0.25) is 4.79 Å². The smallest absolute Gasteiger partial charge is 0.252 e. The lowest BCUT2D eigenvalue weighted by molar-refractivity contribution is 0.0952. The van der Waals surface area contributed by atoms with Gasteiger partial charge < -0.3 is 16.0 Å². The quantitative estimate of drug-likeness (QED) is 0.184. The van der Waals surface area contributed by atoms with Crippen molar-refractivity contribution in [3.8, 4) is 11.3 Å². The topological polar surface area (TPSA) is 83.8 Å². The minimum absolute atomic E-state index is 0.171. The van der Waals surface area contributed by atoms with Gasteiger partial charge in [0, 0.05) is 49.2 Å². The van der Waals surface area contributed by atoms with Crippen molar-refractivity contribution in [1.29, 1.82) is 0 Å². The summed E-state index contributed by atoms with van der Waals surface area (Å²) in [5, 5.41) is 5.43. The summed E-state index contributed by atoms with van der Waals surface area (Å²) >= 11 is 12.1. The number of aromatic amines is 1. The summed E-state index contributed by atoms with van der Waals surface area (Å²) in [5.74, 6) is -0.171. The van der Waals surface area contributed by atoms with Crippen LogP contribution in [0.3, 0.4) is 0 Å². The largest absolute Gasteiger partial charge is 0.360 e. The van der Waals surface area contributed by atoms with Crippen LogP contribution >= 0.6 is 50.1 Å². The number of nitrogens with zero attached hydrogens (tertiary/aromatic N) is 1. The molecule has 0 atom stereocenters. The molecule has 0 spiro atoms. The van der Waals surface area contributed by atoms with E-state index >= 15 is 0 Å². The van der Waals surface area contributed by atoms with Crippen molar-refractivity contribution < 1.29 is 4.79 Å². The fourth-order valence-corrected chi connectivity index (χ4v) is 4.91. The molecule has 3 aromatic carbocycles. The van der Waals surface area contributed by atoms with Crippen molar-refractivity contribution in [2.45, 2.75) is 13.1 Å². The Morgan fingerprint density at radius 1 is 1.06 bits per heavy atom. The van der Waals surface area contributed by atoms with E-state index in [9.17, 15) is 4.79 Å². The summed E-state index contributed by atoms with van der Waals surface area (Å²) in [5.41, 5.74) is 11.6. The molecule has 8 heteroatoms. The molecule has 0 radical (unpaired) electrons. The number of rotatable bonds is 5. The molecule has 2 aromatic heterocycles. The van der Waals surface area contributed by atoms with Crippen LogP contribution in [0.15, 0.2) is 71.3 Å². The number of amides is 1. The van der Waals surface area contributed by atoms with Gasteiger partial charge in [-0.05, 0) is 70.1 Å². The van der Waals surface area contributed by atoms with Gasteiger partial charge in [0.2, 0.25) is 0 Å². The lowest BCUT2D eigenvalue weighted by atomic mass is 10.0. The Morgan fingerprint density at radius 2 is 1.82 bits per heavy atom.